The van der Waals surface area contributed by atoms with Gasteiger partial charge < -0.3 is 15.4 Å². The van der Waals surface area contributed by atoms with Crippen LogP contribution in [0.25, 0.3) is 0 Å². The van der Waals surface area contributed by atoms with Crippen molar-refractivity contribution >= 4 is 50.7 Å². The summed E-state index contributed by atoms with van der Waals surface area (Å²) in [5.74, 6) is -1.71. The first kappa shape index (κ1) is 28.4. The predicted octanol–water partition coefficient (Wildman–Crippen LogP) is 4.60. The van der Waals surface area contributed by atoms with E-state index < -0.39 is 39.1 Å². The number of fused-ring (bicyclic) bond motifs is 2. The zero-order valence-electron chi connectivity index (χ0n) is 21.6. The Morgan fingerprint density at radius 1 is 1.05 bits per heavy atom. The first-order valence-corrected chi connectivity index (χ1v) is 15.1. The second kappa shape index (κ2) is 10.7. The van der Waals surface area contributed by atoms with Crippen LogP contribution < -0.4 is 20.1 Å². The number of sulfonamides is 1. The summed E-state index contributed by atoms with van der Waals surface area (Å²) >= 11 is 12.7. The van der Waals surface area contributed by atoms with Crippen LogP contribution in [0.3, 0.4) is 0 Å². The highest BCUT2D eigenvalue weighted by Crippen LogP contribution is 2.59. The number of anilines is 1. The Bertz CT molecular complexity index is 1630. The van der Waals surface area contributed by atoms with Crippen molar-refractivity contribution in [2.45, 2.75) is 30.7 Å². The minimum Gasteiger partial charge on any atom is -0.492 e. The second-order valence-corrected chi connectivity index (χ2v) is 12.7. The molecule has 3 unspecified atom stereocenters. The number of hydrogen-bond acceptors (Lipinski definition) is 5. The molecule has 0 aliphatic carbocycles. The lowest BCUT2D eigenvalue weighted by atomic mass is 9.59. The van der Waals surface area contributed by atoms with Gasteiger partial charge >= 0.3 is 0 Å². The topological polar surface area (TPSA) is 114 Å². The van der Waals surface area contributed by atoms with Crippen molar-refractivity contribution in [3.05, 3.63) is 92.7 Å². The SMILES string of the molecule is Cc1ccc(F)cc1C1NC(=O)CC(c2cc(Cl)ccc2OCCNS(C)(=O)=O)C12C(=O)Nc1cc(Cl)ccc12. The highest BCUT2D eigenvalue weighted by atomic mass is 35.5. The van der Waals surface area contributed by atoms with Gasteiger partial charge in [-0.1, -0.05) is 35.3 Å². The smallest absolute Gasteiger partial charge is 0.238 e. The monoisotopic (exact) mass is 605 g/mol. The Balaban J connectivity index is 1.71. The molecule has 0 aromatic heterocycles. The van der Waals surface area contributed by atoms with Gasteiger partial charge in [0.15, 0.2) is 0 Å². The maximum atomic E-state index is 14.6. The molecule has 3 aromatic carbocycles. The molecule has 0 bridgehead atoms. The molecular weight excluding hydrogens is 580 g/mol. The van der Waals surface area contributed by atoms with Crippen molar-refractivity contribution in [2.24, 2.45) is 0 Å². The van der Waals surface area contributed by atoms with Gasteiger partial charge in [-0.15, -0.1) is 0 Å². The Labute approximate surface area is 241 Å². The largest absolute Gasteiger partial charge is 0.492 e. The average Bonchev–Trinajstić information content (AvgIpc) is 3.15. The predicted molar refractivity (Wildman–Crippen MR) is 151 cm³/mol. The summed E-state index contributed by atoms with van der Waals surface area (Å²) in [5.41, 5.74) is 1.28. The molecule has 5 rings (SSSR count). The zero-order chi connectivity index (χ0) is 28.8. The second-order valence-electron chi connectivity index (χ2n) is 9.97. The van der Waals surface area contributed by atoms with Crippen molar-refractivity contribution in [1.82, 2.24) is 10.0 Å². The van der Waals surface area contributed by atoms with Crippen molar-refractivity contribution in [3.63, 3.8) is 0 Å². The van der Waals surface area contributed by atoms with Crippen molar-refractivity contribution in [3.8, 4) is 5.75 Å². The van der Waals surface area contributed by atoms with Crippen LogP contribution in [0.4, 0.5) is 10.1 Å². The Kier molecular flexibility index (Phi) is 7.56. The van der Waals surface area contributed by atoms with Crippen molar-refractivity contribution < 1.29 is 27.1 Å². The Morgan fingerprint density at radius 2 is 1.77 bits per heavy atom. The lowest BCUT2D eigenvalue weighted by molar-refractivity contribution is -0.131. The molecule has 40 heavy (non-hydrogen) atoms. The van der Waals surface area contributed by atoms with Gasteiger partial charge in [0.25, 0.3) is 0 Å². The van der Waals surface area contributed by atoms with E-state index in [-0.39, 0.29) is 25.5 Å². The maximum Gasteiger partial charge on any atom is 0.238 e. The molecule has 0 saturated carbocycles. The molecule has 2 amide bonds. The van der Waals surface area contributed by atoms with Crippen LogP contribution in [0.5, 0.6) is 5.75 Å². The Morgan fingerprint density at radius 3 is 2.52 bits per heavy atom. The molecule has 1 saturated heterocycles. The van der Waals surface area contributed by atoms with E-state index in [1.54, 1.807) is 49.4 Å². The summed E-state index contributed by atoms with van der Waals surface area (Å²) in [4.78, 5) is 27.5. The third-order valence-electron chi connectivity index (χ3n) is 7.37. The number of rotatable bonds is 7. The molecule has 2 aliphatic heterocycles. The van der Waals surface area contributed by atoms with E-state index >= 15 is 0 Å². The van der Waals surface area contributed by atoms with E-state index in [4.69, 9.17) is 27.9 Å². The molecular formula is C28H26Cl2FN3O5S. The minimum absolute atomic E-state index is 0.00409. The van der Waals surface area contributed by atoms with Crippen molar-refractivity contribution in [1.29, 1.82) is 0 Å². The van der Waals surface area contributed by atoms with E-state index in [0.717, 1.165) is 6.26 Å². The number of amides is 2. The van der Waals surface area contributed by atoms with Crippen LogP contribution in [0.15, 0.2) is 54.6 Å². The third-order valence-corrected chi connectivity index (χ3v) is 8.57. The molecule has 0 radical (unpaired) electrons. The number of aryl methyl sites for hydroxylation is 1. The van der Waals surface area contributed by atoms with Gasteiger partial charge in [0.05, 0.1) is 12.3 Å². The van der Waals surface area contributed by atoms with Crippen LogP contribution in [0.2, 0.25) is 10.0 Å². The maximum absolute atomic E-state index is 14.6. The summed E-state index contributed by atoms with van der Waals surface area (Å²) in [6.07, 6.45) is 0.945. The van der Waals surface area contributed by atoms with E-state index in [9.17, 15) is 22.4 Å². The molecule has 3 atom stereocenters. The van der Waals surface area contributed by atoms with Crippen LogP contribution in [-0.4, -0.2) is 39.6 Å². The normalized spacial score (nSPS) is 22.1. The van der Waals surface area contributed by atoms with Gasteiger partial charge in [-0.05, 0) is 66.1 Å². The molecule has 8 nitrogen and oxygen atoms in total. The van der Waals surface area contributed by atoms with Gasteiger partial charge in [0.1, 0.15) is 23.6 Å². The molecule has 12 heteroatoms. The highest BCUT2D eigenvalue weighted by molar-refractivity contribution is 7.88. The number of piperidine rings is 1. The summed E-state index contributed by atoms with van der Waals surface area (Å²) in [6.45, 7) is 1.78. The number of hydrogen-bond donors (Lipinski definition) is 3. The van der Waals surface area contributed by atoms with Gasteiger partial charge in [-0.25, -0.2) is 17.5 Å². The quantitative estimate of drug-likeness (QED) is 0.341. The van der Waals surface area contributed by atoms with Gasteiger partial charge in [-0.3, -0.25) is 9.59 Å². The summed E-state index contributed by atoms with van der Waals surface area (Å²) in [5, 5.41) is 6.67. The molecule has 3 aromatic rings. The minimum atomic E-state index is -3.43. The fraction of sp³-hybridized carbons (Fsp3) is 0.286. The fourth-order valence-corrected chi connectivity index (χ4v) is 6.56. The standard InChI is InChI=1S/C28H26Cl2FN3O5S/c1-15-3-6-18(31)13-19(15)26-28(21-7-4-17(30)12-23(21)33-27(28)36)22(14-25(35)34-26)20-11-16(29)5-8-24(20)39-10-9-32-40(2,37)38/h3-8,11-13,22,26,32H,9-10,14H2,1-2H3,(H,33,36)(H,34,35). The molecule has 3 N–H and O–H groups in total. The van der Waals surface area contributed by atoms with E-state index in [0.29, 0.717) is 43.7 Å². The number of carbonyl (C=O) groups excluding carboxylic acids is 2. The molecule has 2 heterocycles. The van der Waals surface area contributed by atoms with E-state index in [1.165, 1.54) is 12.1 Å². The average molecular weight is 607 g/mol. The first-order valence-electron chi connectivity index (χ1n) is 12.4. The number of benzene rings is 3. The van der Waals surface area contributed by atoms with E-state index in [1.807, 2.05) is 0 Å². The molecule has 1 spiro atoms. The zero-order valence-corrected chi connectivity index (χ0v) is 23.9. The van der Waals surface area contributed by atoms with Crippen LogP contribution >= 0.6 is 23.2 Å². The number of ether oxygens (including phenoxy) is 1. The van der Waals surface area contributed by atoms with Crippen LogP contribution in [0.1, 0.15) is 40.6 Å². The van der Waals surface area contributed by atoms with Crippen molar-refractivity contribution in [2.75, 3.05) is 24.7 Å². The molecule has 1 fully saturated rings. The van der Waals surface area contributed by atoms with Gasteiger partial charge in [0.2, 0.25) is 21.8 Å². The first-order chi connectivity index (χ1) is 18.9. The fourth-order valence-electron chi connectivity index (χ4n) is 5.75. The lowest BCUT2D eigenvalue weighted by Gasteiger charge is -2.47. The Hall–Kier alpha value is -3.18. The van der Waals surface area contributed by atoms with Gasteiger partial charge in [-0.2, -0.15) is 0 Å². The van der Waals surface area contributed by atoms with Gasteiger partial charge in [0, 0.05) is 40.2 Å². The molecule has 2 aliphatic rings. The highest BCUT2D eigenvalue weighted by Gasteiger charge is 2.61. The third kappa shape index (κ3) is 5.16. The summed E-state index contributed by atoms with van der Waals surface area (Å²) < 4.78 is 45.9. The number of halogens is 3. The number of nitrogens with one attached hydrogen (secondary N) is 3. The number of carbonyl (C=O) groups is 2. The van der Waals surface area contributed by atoms with E-state index in [2.05, 4.69) is 15.4 Å². The lowest BCUT2D eigenvalue weighted by Crippen LogP contribution is -2.57. The van der Waals surface area contributed by atoms with Crippen LogP contribution in [0, 0.1) is 12.7 Å². The summed E-state index contributed by atoms with van der Waals surface area (Å²) in [7, 11) is -3.43. The van der Waals surface area contributed by atoms with Crippen LogP contribution in [-0.2, 0) is 25.0 Å². The molecule has 210 valence electrons. The summed E-state index contributed by atoms with van der Waals surface area (Å²) in [6, 6.07) is 13.2.